The average Bonchev–Trinajstić information content (AvgIpc) is 3.42. The normalized spacial score (nSPS) is 12.7. The molecule has 6 heteroatoms. The van der Waals surface area contributed by atoms with Gasteiger partial charge in [0.25, 0.3) is 0 Å². The van der Waals surface area contributed by atoms with Crippen molar-refractivity contribution in [3.8, 4) is 0 Å². The molecule has 0 fully saturated rings. The van der Waals surface area contributed by atoms with Crippen molar-refractivity contribution in [3.63, 3.8) is 0 Å². The molecule has 2 atom stereocenters. The number of amides is 1. The van der Waals surface area contributed by atoms with Crippen molar-refractivity contribution in [1.29, 1.82) is 0 Å². The van der Waals surface area contributed by atoms with E-state index in [9.17, 15) is 19.8 Å². The number of aliphatic hydroxyl groups excluding tert-OH is 2. The van der Waals surface area contributed by atoms with Crippen molar-refractivity contribution >= 4 is 11.9 Å². The lowest BCUT2D eigenvalue weighted by atomic mass is 10.0. The lowest BCUT2D eigenvalue weighted by molar-refractivity contribution is -0.143. The maximum atomic E-state index is 12.5. The largest absolute Gasteiger partial charge is 0.466 e. The molecule has 0 bridgehead atoms. The van der Waals surface area contributed by atoms with Crippen molar-refractivity contribution in [2.45, 2.75) is 386 Å². The highest BCUT2D eigenvalue weighted by atomic mass is 16.5. The molecule has 1 amide bonds. The second-order valence-electron chi connectivity index (χ2n) is 23.5. The molecular weight excluding hydrogens is 935 g/mol. The number of esters is 1. The minimum absolute atomic E-state index is 0.00492. The Morgan fingerprint density at radius 1 is 0.355 bits per heavy atom. The lowest BCUT2D eigenvalue weighted by Crippen LogP contribution is -2.45. The second kappa shape index (κ2) is 65.6. The topological polar surface area (TPSA) is 95.9 Å². The fourth-order valence-corrected chi connectivity index (χ4v) is 10.6. The molecule has 0 rings (SSSR count). The van der Waals surface area contributed by atoms with Crippen LogP contribution >= 0.6 is 0 Å². The SMILES string of the molecule is CCCCCC/C=C\CCCCCCCC(=O)OCCCCCCCCCCCCCC/C=C\CCCCCCCCCCCCC(=O)NC(CO)C(O)/C=C/CCCCCCCCCCCCCCCCCCCC. The second-order valence-corrected chi connectivity index (χ2v) is 23.5. The highest BCUT2D eigenvalue weighted by Gasteiger charge is 2.18. The Morgan fingerprint density at radius 3 is 0.947 bits per heavy atom. The number of ether oxygens (including phenoxy) is 1. The van der Waals surface area contributed by atoms with Gasteiger partial charge in [-0.3, -0.25) is 9.59 Å². The Balaban J connectivity index is 3.42. The van der Waals surface area contributed by atoms with Gasteiger partial charge >= 0.3 is 5.97 Å². The Labute approximate surface area is 474 Å². The van der Waals surface area contributed by atoms with Crippen LogP contribution in [-0.2, 0) is 14.3 Å². The van der Waals surface area contributed by atoms with Crippen molar-refractivity contribution in [2.24, 2.45) is 0 Å². The summed E-state index contributed by atoms with van der Waals surface area (Å²) >= 11 is 0. The number of rotatable bonds is 64. The number of aliphatic hydroxyl groups is 2. The van der Waals surface area contributed by atoms with E-state index in [4.69, 9.17) is 4.74 Å². The summed E-state index contributed by atoms with van der Waals surface area (Å²) in [6.45, 7) is 4.91. The van der Waals surface area contributed by atoms with Gasteiger partial charge < -0.3 is 20.3 Å². The molecule has 0 aliphatic rings. The summed E-state index contributed by atoms with van der Waals surface area (Å²) in [5, 5.41) is 23.2. The average molecular weight is 1070 g/mol. The standard InChI is InChI=1S/C70H133NO5/c1-3-5-7-9-11-13-15-17-18-19-20-29-32-35-39-42-46-50-54-58-62-68(73)67(66-72)71-69(74)63-59-55-51-47-43-40-36-33-30-27-25-23-21-22-24-26-28-31-34-37-41-45-49-53-57-61-65-76-70(75)64-60-56-52-48-44-38-16-14-12-10-8-6-4-2/h14,16,21,23,58,62,67-68,72-73H,3-13,15,17-20,22,24-57,59-61,63-66H2,1-2H3,(H,71,74)/b16-14-,23-21-,62-58+. The third-order valence-electron chi connectivity index (χ3n) is 15.9. The molecule has 0 heterocycles. The maximum absolute atomic E-state index is 12.5. The van der Waals surface area contributed by atoms with E-state index in [-0.39, 0.29) is 18.5 Å². The molecule has 0 aromatic heterocycles. The van der Waals surface area contributed by atoms with Crippen molar-refractivity contribution in [1.82, 2.24) is 5.32 Å². The molecule has 0 saturated heterocycles. The molecule has 0 spiro atoms. The van der Waals surface area contributed by atoms with Crippen molar-refractivity contribution in [2.75, 3.05) is 13.2 Å². The molecule has 0 saturated carbocycles. The highest BCUT2D eigenvalue weighted by molar-refractivity contribution is 5.76. The smallest absolute Gasteiger partial charge is 0.305 e. The zero-order valence-electron chi connectivity index (χ0n) is 51.3. The van der Waals surface area contributed by atoms with Crippen LogP contribution in [0.3, 0.4) is 0 Å². The highest BCUT2D eigenvalue weighted by Crippen LogP contribution is 2.18. The summed E-state index contributed by atoms with van der Waals surface area (Å²) in [6.07, 6.45) is 83.5. The van der Waals surface area contributed by atoms with E-state index in [0.29, 0.717) is 19.4 Å². The molecule has 0 aromatic carbocycles. The van der Waals surface area contributed by atoms with E-state index in [0.717, 1.165) is 44.9 Å². The van der Waals surface area contributed by atoms with Gasteiger partial charge in [-0.2, -0.15) is 0 Å². The molecule has 448 valence electrons. The molecule has 2 unspecified atom stereocenters. The van der Waals surface area contributed by atoms with Gasteiger partial charge in [0, 0.05) is 12.8 Å². The van der Waals surface area contributed by atoms with Crippen molar-refractivity contribution < 1.29 is 24.5 Å². The predicted octanol–water partition coefficient (Wildman–Crippen LogP) is 21.9. The number of allylic oxidation sites excluding steroid dienone is 5. The van der Waals surface area contributed by atoms with Crippen LogP contribution in [0, 0.1) is 0 Å². The fraction of sp³-hybridized carbons (Fsp3) is 0.886. The van der Waals surface area contributed by atoms with Gasteiger partial charge in [-0.05, 0) is 83.5 Å². The molecular formula is C70H133NO5. The number of carbonyl (C=O) groups excluding carboxylic acids is 2. The first-order valence-electron chi connectivity index (χ1n) is 34.3. The van der Waals surface area contributed by atoms with Gasteiger partial charge in [-0.25, -0.2) is 0 Å². The molecule has 0 radical (unpaired) electrons. The number of carbonyl (C=O) groups is 2. The van der Waals surface area contributed by atoms with Gasteiger partial charge in [-0.1, -0.05) is 314 Å². The van der Waals surface area contributed by atoms with E-state index in [2.05, 4.69) is 43.5 Å². The van der Waals surface area contributed by atoms with Crippen LogP contribution in [0.5, 0.6) is 0 Å². The first kappa shape index (κ1) is 74.1. The quantitative estimate of drug-likeness (QED) is 0.0320. The molecule has 6 nitrogen and oxygen atoms in total. The summed E-state index contributed by atoms with van der Waals surface area (Å²) in [5.41, 5.74) is 0. The van der Waals surface area contributed by atoms with Crippen LogP contribution < -0.4 is 5.32 Å². The Morgan fingerprint density at radius 2 is 0.618 bits per heavy atom. The zero-order chi connectivity index (χ0) is 55.0. The molecule has 0 aliphatic heterocycles. The third kappa shape index (κ3) is 61.3. The van der Waals surface area contributed by atoms with Gasteiger partial charge in [0.1, 0.15) is 0 Å². The van der Waals surface area contributed by atoms with Crippen LogP contribution in [0.4, 0.5) is 0 Å². The number of unbranched alkanes of at least 4 members (excludes halogenated alkanes) is 49. The number of hydrogen-bond donors (Lipinski definition) is 3. The maximum Gasteiger partial charge on any atom is 0.305 e. The Kier molecular flexibility index (Phi) is 63.9. The zero-order valence-corrected chi connectivity index (χ0v) is 51.3. The van der Waals surface area contributed by atoms with E-state index >= 15 is 0 Å². The van der Waals surface area contributed by atoms with E-state index in [1.807, 2.05) is 6.08 Å². The van der Waals surface area contributed by atoms with Gasteiger partial charge in [0.2, 0.25) is 5.91 Å². The van der Waals surface area contributed by atoms with Crippen LogP contribution in [0.2, 0.25) is 0 Å². The summed E-state index contributed by atoms with van der Waals surface area (Å²) in [5.74, 6) is -0.0618. The van der Waals surface area contributed by atoms with Crippen LogP contribution in [0.1, 0.15) is 373 Å². The predicted molar refractivity (Wildman–Crippen MR) is 333 cm³/mol. The molecule has 76 heavy (non-hydrogen) atoms. The van der Waals surface area contributed by atoms with E-state index in [1.165, 1.54) is 302 Å². The molecule has 3 N–H and O–H groups in total. The number of hydrogen-bond acceptors (Lipinski definition) is 5. The van der Waals surface area contributed by atoms with E-state index in [1.54, 1.807) is 6.08 Å². The summed E-state index contributed by atoms with van der Waals surface area (Å²) < 4.78 is 5.48. The van der Waals surface area contributed by atoms with E-state index < -0.39 is 12.1 Å². The number of nitrogens with one attached hydrogen (secondary N) is 1. The van der Waals surface area contributed by atoms with Crippen LogP contribution in [-0.4, -0.2) is 47.4 Å². The Hall–Kier alpha value is -1.92. The molecule has 0 aliphatic carbocycles. The first-order valence-corrected chi connectivity index (χ1v) is 34.3. The van der Waals surface area contributed by atoms with Gasteiger partial charge in [0.05, 0.1) is 25.4 Å². The van der Waals surface area contributed by atoms with Crippen LogP contribution in [0.15, 0.2) is 36.5 Å². The van der Waals surface area contributed by atoms with Crippen molar-refractivity contribution in [3.05, 3.63) is 36.5 Å². The summed E-state index contributed by atoms with van der Waals surface area (Å²) in [4.78, 5) is 24.5. The Bertz CT molecular complexity index is 1230. The molecule has 0 aromatic rings. The summed E-state index contributed by atoms with van der Waals surface area (Å²) in [7, 11) is 0. The minimum atomic E-state index is -0.847. The lowest BCUT2D eigenvalue weighted by Gasteiger charge is -2.20. The first-order chi connectivity index (χ1) is 37.5. The third-order valence-corrected chi connectivity index (χ3v) is 15.9. The summed E-state index contributed by atoms with van der Waals surface area (Å²) in [6, 6.07) is -0.630. The van der Waals surface area contributed by atoms with Gasteiger partial charge in [-0.15, -0.1) is 0 Å². The van der Waals surface area contributed by atoms with Crippen LogP contribution in [0.25, 0.3) is 0 Å². The monoisotopic (exact) mass is 1070 g/mol. The minimum Gasteiger partial charge on any atom is -0.466 e. The van der Waals surface area contributed by atoms with Gasteiger partial charge in [0.15, 0.2) is 0 Å². The fourth-order valence-electron chi connectivity index (χ4n) is 10.6.